The first-order valence-corrected chi connectivity index (χ1v) is 8.22. The molecule has 3 nitrogen and oxygen atoms in total. The van der Waals surface area contributed by atoms with E-state index >= 15 is 0 Å². The summed E-state index contributed by atoms with van der Waals surface area (Å²) in [6.07, 6.45) is 2.32. The molecular formula is C16H23Cl2NO2. The second-order valence-electron chi connectivity index (χ2n) is 5.47. The highest BCUT2D eigenvalue weighted by Crippen LogP contribution is 2.40. The first-order valence-electron chi connectivity index (χ1n) is 7.46. The fourth-order valence-corrected chi connectivity index (χ4v) is 3.44. The van der Waals surface area contributed by atoms with Gasteiger partial charge in [0.15, 0.2) is 0 Å². The average molecular weight is 332 g/mol. The Hall–Kier alpha value is -0.480. The lowest BCUT2D eigenvalue weighted by atomic mass is 9.88. The Morgan fingerprint density at radius 3 is 2.71 bits per heavy atom. The molecule has 1 aromatic carbocycles. The lowest BCUT2D eigenvalue weighted by Crippen LogP contribution is -2.32. The standard InChI is InChI=1S/C16H23Cl2NO2/c1-4-6-19-16(11-5-7-21-10(11)2)12-8-14(18)15(20-3)9-13(12)17/h8-11,16,19H,4-7H2,1-3H3. The molecule has 21 heavy (non-hydrogen) atoms. The van der Waals surface area contributed by atoms with E-state index in [2.05, 4.69) is 19.2 Å². The number of rotatable bonds is 6. The van der Waals surface area contributed by atoms with Crippen LogP contribution in [0.15, 0.2) is 12.1 Å². The molecule has 1 saturated heterocycles. The smallest absolute Gasteiger partial charge is 0.138 e. The second-order valence-corrected chi connectivity index (χ2v) is 6.28. The maximum atomic E-state index is 6.46. The van der Waals surface area contributed by atoms with Crippen LogP contribution < -0.4 is 10.1 Å². The SMILES string of the molecule is CCCNC(c1cc(Cl)c(OC)cc1Cl)C1CCOC1C. The van der Waals surface area contributed by atoms with Crippen molar-refractivity contribution >= 4 is 23.2 Å². The van der Waals surface area contributed by atoms with E-state index in [9.17, 15) is 0 Å². The van der Waals surface area contributed by atoms with Crippen LogP contribution in [-0.4, -0.2) is 26.4 Å². The minimum atomic E-state index is 0.151. The van der Waals surface area contributed by atoms with E-state index in [1.54, 1.807) is 13.2 Å². The minimum Gasteiger partial charge on any atom is -0.495 e. The van der Waals surface area contributed by atoms with Gasteiger partial charge in [0.2, 0.25) is 0 Å². The van der Waals surface area contributed by atoms with Gasteiger partial charge in [0.1, 0.15) is 5.75 Å². The topological polar surface area (TPSA) is 30.5 Å². The molecule has 0 aromatic heterocycles. The van der Waals surface area contributed by atoms with Crippen LogP contribution >= 0.6 is 23.2 Å². The Morgan fingerprint density at radius 2 is 2.14 bits per heavy atom. The molecule has 1 aliphatic heterocycles. The van der Waals surface area contributed by atoms with Gasteiger partial charge in [-0.05, 0) is 37.9 Å². The Labute approximate surface area is 136 Å². The highest BCUT2D eigenvalue weighted by Gasteiger charge is 2.33. The zero-order valence-electron chi connectivity index (χ0n) is 12.8. The summed E-state index contributed by atoms with van der Waals surface area (Å²) in [6, 6.07) is 3.86. The number of methoxy groups -OCH3 is 1. The van der Waals surface area contributed by atoms with Crippen molar-refractivity contribution in [2.24, 2.45) is 5.92 Å². The molecule has 5 heteroatoms. The molecule has 1 aliphatic rings. The summed E-state index contributed by atoms with van der Waals surface area (Å²) in [5, 5.41) is 4.87. The monoisotopic (exact) mass is 331 g/mol. The summed E-state index contributed by atoms with van der Waals surface area (Å²) in [7, 11) is 1.59. The third kappa shape index (κ3) is 3.84. The van der Waals surface area contributed by atoms with Crippen molar-refractivity contribution in [1.29, 1.82) is 0 Å². The quantitative estimate of drug-likeness (QED) is 0.834. The molecule has 2 rings (SSSR count). The van der Waals surface area contributed by atoms with E-state index < -0.39 is 0 Å². The average Bonchev–Trinajstić information content (AvgIpc) is 2.88. The minimum absolute atomic E-state index is 0.151. The van der Waals surface area contributed by atoms with E-state index in [1.165, 1.54) is 0 Å². The van der Waals surface area contributed by atoms with Crippen molar-refractivity contribution < 1.29 is 9.47 Å². The summed E-state index contributed by atoms with van der Waals surface area (Å²) in [5.41, 5.74) is 1.03. The molecule has 118 valence electrons. The molecular weight excluding hydrogens is 309 g/mol. The summed E-state index contributed by atoms with van der Waals surface area (Å²) < 4.78 is 10.9. The predicted octanol–water partition coefficient (Wildman–Crippen LogP) is 4.47. The van der Waals surface area contributed by atoms with Gasteiger partial charge in [-0.1, -0.05) is 30.1 Å². The van der Waals surface area contributed by atoms with Crippen molar-refractivity contribution in [2.75, 3.05) is 20.3 Å². The zero-order valence-corrected chi connectivity index (χ0v) is 14.3. The number of nitrogens with one attached hydrogen (secondary N) is 1. The van der Waals surface area contributed by atoms with Gasteiger partial charge in [-0.25, -0.2) is 0 Å². The van der Waals surface area contributed by atoms with Crippen molar-refractivity contribution in [1.82, 2.24) is 5.32 Å². The molecule has 0 amide bonds. The first kappa shape index (κ1) is 16.9. The van der Waals surface area contributed by atoms with E-state index in [0.717, 1.165) is 31.6 Å². The largest absolute Gasteiger partial charge is 0.495 e. The number of hydrogen-bond donors (Lipinski definition) is 1. The maximum Gasteiger partial charge on any atom is 0.138 e. The summed E-state index contributed by atoms with van der Waals surface area (Å²) in [4.78, 5) is 0. The number of hydrogen-bond acceptors (Lipinski definition) is 3. The maximum absolute atomic E-state index is 6.46. The van der Waals surface area contributed by atoms with E-state index in [4.69, 9.17) is 32.7 Å². The molecule has 1 N–H and O–H groups in total. The normalized spacial score (nSPS) is 23.3. The molecule has 0 radical (unpaired) electrons. The Bertz CT molecular complexity index is 482. The molecule has 0 bridgehead atoms. The molecule has 0 spiro atoms. The summed E-state index contributed by atoms with van der Waals surface area (Å²) in [6.45, 7) is 6.02. The van der Waals surface area contributed by atoms with Crippen molar-refractivity contribution in [3.05, 3.63) is 27.7 Å². The zero-order chi connectivity index (χ0) is 15.4. The van der Waals surface area contributed by atoms with Crippen molar-refractivity contribution in [3.63, 3.8) is 0 Å². The first-order chi connectivity index (χ1) is 10.1. The molecule has 0 saturated carbocycles. The Kier molecular flexibility index (Phi) is 6.18. The van der Waals surface area contributed by atoms with Gasteiger partial charge in [0, 0.05) is 29.7 Å². The van der Waals surface area contributed by atoms with Crippen LogP contribution in [0.3, 0.4) is 0 Å². The van der Waals surface area contributed by atoms with Crippen LogP contribution in [0.5, 0.6) is 5.75 Å². The fourth-order valence-electron chi connectivity index (χ4n) is 2.92. The van der Waals surface area contributed by atoms with Crippen LogP contribution in [0.25, 0.3) is 0 Å². The van der Waals surface area contributed by atoms with Gasteiger partial charge in [-0.2, -0.15) is 0 Å². The number of benzene rings is 1. The van der Waals surface area contributed by atoms with Gasteiger partial charge in [0.05, 0.1) is 18.2 Å². The van der Waals surface area contributed by atoms with Gasteiger partial charge in [0.25, 0.3) is 0 Å². The third-order valence-corrected chi connectivity index (χ3v) is 4.71. The lowest BCUT2D eigenvalue weighted by molar-refractivity contribution is 0.0954. The Morgan fingerprint density at radius 1 is 1.38 bits per heavy atom. The predicted molar refractivity (Wildman–Crippen MR) is 87.6 cm³/mol. The molecule has 1 fully saturated rings. The van der Waals surface area contributed by atoms with E-state index in [0.29, 0.717) is 21.7 Å². The molecule has 1 heterocycles. The highest BCUT2D eigenvalue weighted by atomic mass is 35.5. The number of halogens is 2. The van der Waals surface area contributed by atoms with Crippen molar-refractivity contribution in [3.8, 4) is 5.75 Å². The van der Waals surface area contributed by atoms with Crippen LogP contribution in [0.1, 0.15) is 38.3 Å². The second kappa shape index (κ2) is 7.68. The third-order valence-electron chi connectivity index (χ3n) is 4.08. The number of ether oxygens (including phenoxy) is 2. The van der Waals surface area contributed by atoms with Crippen LogP contribution in [-0.2, 0) is 4.74 Å². The molecule has 3 atom stereocenters. The van der Waals surface area contributed by atoms with E-state index in [1.807, 2.05) is 6.07 Å². The van der Waals surface area contributed by atoms with Crippen molar-refractivity contribution in [2.45, 2.75) is 38.8 Å². The summed E-state index contributed by atoms with van der Waals surface area (Å²) in [5.74, 6) is 1.01. The van der Waals surface area contributed by atoms with Gasteiger partial charge < -0.3 is 14.8 Å². The lowest BCUT2D eigenvalue weighted by Gasteiger charge is -2.28. The van der Waals surface area contributed by atoms with Gasteiger partial charge in [-0.15, -0.1) is 0 Å². The van der Waals surface area contributed by atoms with Crippen LogP contribution in [0, 0.1) is 5.92 Å². The Balaban J connectivity index is 2.33. The van der Waals surface area contributed by atoms with Crippen LogP contribution in [0.2, 0.25) is 10.0 Å². The molecule has 3 unspecified atom stereocenters. The fraction of sp³-hybridized carbons (Fsp3) is 0.625. The van der Waals surface area contributed by atoms with Gasteiger partial charge >= 0.3 is 0 Å². The van der Waals surface area contributed by atoms with E-state index in [-0.39, 0.29) is 12.1 Å². The molecule has 1 aromatic rings. The van der Waals surface area contributed by atoms with Gasteiger partial charge in [-0.3, -0.25) is 0 Å². The summed E-state index contributed by atoms with van der Waals surface area (Å²) >= 11 is 12.7. The highest BCUT2D eigenvalue weighted by molar-refractivity contribution is 6.34. The van der Waals surface area contributed by atoms with Crippen LogP contribution in [0.4, 0.5) is 0 Å². The molecule has 0 aliphatic carbocycles.